The average Bonchev–Trinajstić information content (AvgIpc) is 3.05. The predicted octanol–water partition coefficient (Wildman–Crippen LogP) is 1.73. The molecule has 0 atom stereocenters. The van der Waals surface area contributed by atoms with Gasteiger partial charge in [0.05, 0.1) is 6.54 Å². The van der Waals surface area contributed by atoms with Crippen LogP contribution in [0.5, 0.6) is 0 Å². The Morgan fingerprint density at radius 2 is 2.25 bits per heavy atom. The van der Waals surface area contributed by atoms with Crippen LogP contribution in [0.4, 0.5) is 5.82 Å². The molecule has 2 aromatic rings. The number of carbonyl (C=O) groups is 1. The molecule has 0 radical (unpaired) electrons. The van der Waals surface area contributed by atoms with E-state index in [0.29, 0.717) is 10.6 Å². The van der Waals surface area contributed by atoms with Crippen molar-refractivity contribution in [2.45, 2.75) is 31.7 Å². The van der Waals surface area contributed by atoms with Crippen LogP contribution in [0.1, 0.15) is 25.7 Å². The number of amides is 1. The van der Waals surface area contributed by atoms with Crippen molar-refractivity contribution < 1.29 is 4.79 Å². The van der Waals surface area contributed by atoms with E-state index >= 15 is 0 Å². The number of imidazole rings is 1. The Labute approximate surface area is 125 Å². The highest BCUT2D eigenvalue weighted by atomic mass is 79.9. The Kier molecular flexibility index (Phi) is 3.60. The zero-order valence-electron chi connectivity index (χ0n) is 11.0. The third-order valence-corrected chi connectivity index (χ3v) is 4.07. The molecule has 3 rings (SSSR count). The van der Waals surface area contributed by atoms with Gasteiger partial charge in [-0.2, -0.15) is 0 Å². The Hall–Kier alpha value is -1.63. The van der Waals surface area contributed by atoms with Crippen molar-refractivity contribution in [3.63, 3.8) is 0 Å². The minimum atomic E-state index is -0.344. The molecule has 0 aromatic carbocycles. The molecule has 6 nitrogen and oxygen atoms in total. The molecule has 2 N–H and O–H groups in total. The summed E-state index contributed by atoms with van der Waals surface area (Å²) in [5, 5.41) is 0. The molecule has 2 heterocycles. The van der Waals surface area contributed by atoms with Gasteiger partial charge in [-0.25, -0.2) is 9.97 Å². The molecular formula is C13H16BrN5O. The summed E-state index contributed by atoms with van der Waals surface area (Å²) < 4.78 is 2.61. The topological polar surface area (TPSA) is 76.5 Å². The quantitative estimate of drug-likeness (QED) is 0.921. The first-order valence-electron chi connectivity index (χ1n) is 6.69. The smallest absolute Gasteiger partial charge is 0.237 e. The molecule has 106 valence electrons. The highest BCUT2D eigenvalue weighted by Crippen LogP contribution is 2.29. The van der Waals surface area contributed by atoms with Gasteiger partial charge in [0, 0.05) is 24.6 Å². The summed E-state index contributed by atoms with van der Waals surface area (Å²) >= 11 is 3.41. The Morgan fingerprint density at radius 1 is 1.50 bits per heavy atom. The monoisotopic (exact) mass is 337 g/mol. The van der Waals surface area contributed by atoms with Gasteiger partial charge in [-0.15, -0.1) is 0 Å². The first kappa shape index (κ1) is 13.4. The van der Waals surface area contributed by atoms with Crippen LogP contribution in [0.3, 0.4) is 0 Å². The van der Waals surface area contributed by atoms with Crippen molar-refractivity contribution >= 4 is 33.3 Å². The lowest BCUT2D eigenvalue weighted by Gasteiger charge is -2.29. The maximum Gasteiger partial charge on any atom is 0.237 e. The summed E-state index contributed by atoms with van der Waals surface area (Å²) in [6, 6.07) is 0.310. The van der Waals surface area contributed by atoms with E-state index in [4.69, 9.17) is 5.73 Å². The van der Waals surface area contributed by atoms with Gasteiger partial charge in [-0.3, -0.25) is 4.79 Å². The molecule has 0 spiro atoms. The van der Waals surface area contributed by atoms with Crippen LogP contribution < -0.4 is 10.6 Å². The average molecular weight is 338 g/mol. The van der Waals surface area contributed by atoms with Gasteiger partial charge in [0.1, 0.15) is 4.60 Å². The molecule has 1 amide bonds. The van der Waals surface area contributed by atoms with Crippen LogP contribution in [0, 0.1) is 0 Å². The number of fused-ring (bicyclic) bond motifs is 1. The van der Waals surface area contributed by atoms with Crippen molar-refractivity contribution in [2.24, 2.45) is 5.73 Å². The minimum Gasteiger partial charge on any atom is -0.368 e. The number of carbonyl (C=O) groups excluding carboxylic acids is 1. The van der Waals surface area contributed by atoms with E-state index < -0.39 is 0 Å². The maximum atomic E-state index is 11.4. The normalized spacial score (nSPS) is 15.8. The number of primary amides is 1. The van der Waals surface area contributed by atoms with Crippen molar-refractivity contribution in [3.8, 4) is 0 Å². The number of hydrogen-bond donors (Lipinski definition) is 1. The van der Waals surface area contributed by atoms with E-state index in [0.717, 1.165) is 24.3 Å². The molecule has 7 heteroatoms. The predicted molar refractivity (Wildman–Crippen MR) is 79.5 cm³/mol. The van der Waals surface area contributed by atoms with Crippen LogP contribution in [-0.2, 0) is 4.79 Å². The standard InChI is InChI=1S/C13H16BrN5O/c14-10-7-18-6-5-16-12(18)13(17-10)19(8-11(15)20)9-3-1-2-4-9/h5-7,9H,1-4,8H2,(H2,15,20). The van der Waals surface area contributed by atoms with Crippen LogP contribution in [0.15, 0.2) is 23.2 Å². The fourth-order valence-electron chi connectivity index (χ4n) is 2.84. The molecule has 0 bridgehead atoms. The fourth-order valence-corrected chi connectivity index (χ4v) is 3.23. The number of rotatable bonds is 4. The van der Waals surface area contributed by atoms with Gasteiger partial charge in [0.15, 0.2) is 11.5 Å². The second-order valence-electron chi connectivity index (χ2n) is 5.08. The molecule has 0 unspecified atom stereocenters. The van der Waals surface area contributed by atoms with Gasteiger partial charge in [0.2, 0.25) is 5.91 Å². The van der Waals surface area contributed by atoms with Crippen LogP contribution in [-0.4, -0.2) is 32.9 Å². The van der Waals surface area contributed by atoms with E-state index in [2.05, 4.69) is 25.9 Å². The Balaban J connectivity index is 2.07. The lowest BCUT2D eigenvalue weighted by molar-refractivity contribution is -0.116. The van der Waals surface area contributed by atoms with Gasteiger partial charge < -0.3 is 15.0 Å². The number of halogens is 1. The summed E-state index contributed by atoms with van der Waals surface area (Å²) in [4.78, 5) is 22.3. The molecule has 1 fully saturated rings. The Bertz CT molecular complexity index is 635. The number of nitrogens with zero attached hydrogens (tertiary/aromatic N) is 4. The molecule has 0 aliphatic heterocycles. The second-order valence-corrected chi connectivity index (χ2v) is 5.89. The van der Waals surface area contributed by atoms with Crippen molar-refractivity contribution in [3.05, 3.63) is 23.2 Å². The Morgan fingerprint density at radius 3 is 2.95 bits per heavy atom. The SMILES string of the molecule is NC(=O)CN(c1nc(Br)cn2ccnc12)C1CCCC1. The molecule has 2 aromatic heterocycles. The highest BCUT2D eigenvalue weighted by Gasteiger charge is 2.27. The number of anilines is 1. The second kappa shape index (κ2) is 5.40. The van der Waals surface area contributed by atoms with E-state index in [1.54, 1.807) is 6.20 Å². The summed E-state index contributed by atoms with van der Waals surface area (Å²) in [7, 11) is 0. The van der Waals surface area contributed by atoms with Gasteiger partial charge in [-0.1, -0.05) is 12.8 Å². The third kappa shape index (κ3) is 2.49. The maximum absolute atomic E-state index is 11.4. The number of aromatic nitrogens is 3. The van der Waals surface area contributed by atoms with Crippen molar-refractivity contribution in [2.75, 3.05) is 11.4 Å². The molecule has 0 saturated heterocycles. The van der Waals surface area contributed by atoms with E-state index in [1.165, 1.54) is 12.8 Å². The lowest BCUT2D eigenvalue weighted by Crippen LogP contribution is -2.41. The van der Waals surface area contributed by atoms with E-state index in [-0.39, 0.29) is 12.5 Å². The number of nitrogens with two attached hydrogens (primary N) is 1. The third-order valence-electron chi connectivity index (χ3n) is 3.69. The van der Waals surface area contributed by atoms with Crippen LogP contribution >= 0.6 is 15.9 Å². The number of hydrogen-bond acceptors (Lipinski definition) is 4. The van der Waals surface area contributed by atoms with Gasteiger partial charge >= 0.3 is 0 Å². The zero-order chi connectivity index (χ0) is 14.1. The summed E-state index contributed by atoms with van der Waals surface area (Å²) in [6.07, 6.45) is 9.93. The molecular weight excluding hydrogens is 322 g/mol. The van der Waals surface area contributed by atoms with Crippen molar-refractivity contribution in [1.29, 1.82) is 0 Å². The van der Waals surface area contributed by atoms with Crippen LogP contribution in [0.2, 0.25) is 0 Å². The summed E-state index contributed by atoms with van der Waals surface area (Å²) in [6.45, 7) is 0.177. The van der Waals surface area contributed by atoms with Gasteiger partial charge in [-0.05, 0) is 28.8 Å². The molecule has 1 aliphatic carbocycles. The van der Waals surface area contributed by atoms with E-state index in [1.807, 2.05) is 21.7 Å². The largest absolute Gasteiger partial charge is 0.368 e. The lowest BCUT2D eigenvalue weighted by atomic mass is 10.2. The fraction of sp³-hybridized carbons (Fsp3) is 0.462. The molecule has 1 aliphatic rings. The molecule has 20 heavy (non-hydrogen) atoms. The summed E-state index contributed by atoms with van der Waals surface area (Å²) in [5.41, 5.74) is 6.16. The molecule has 1 saturated carbocycles. The van der Waals surface area contributed by atoms with Crippen LogP contribution in [0.25, 0.3) is 5.65 Å². The highest BCUT2D eigenvalue weighted by molar-refractivity contribution is 9.10. The first-order valence-corrected chi connectivity index (χ1v) is 7.48. The first-order chi connectivity index (χ1) is 9.65. The van der Waals surface area contributed by atoms with E-state index in [9.17, 15) is 4.79 Å². The summed E-state index contributed by atoms with van der Waals surface area (Å²) in [5.74, 6) is 0.374. The van der Waals surface area contributed by atoms with Gasteiger partial charge in [0.25, 0.3) is 0 Å². The van der Waals surface area contributed by atoms with Crippen molar-refractivity contribution in [1.82, 2.24) is 14.4 Å². The minimum absolute atomic E-state index is 0.177. The zero-order valence-corrected chi connectivity index (χ0v) is 12.6.